The van der Waals surface area contributed by atoms with Crippen molar-refractivity contribution in [1.82, 2.24) is 0 Å². The van der Waals surface area contributed by atoms with E-state index in [2.05, 4.69) is 18.7 Å². The molecule has 0 spiro atoms. The summed E-state index contributed by atoms with van der Waals surface area (Å²) in [5.74, 6) is 0.990. The zero-order chi connectivity index (χ0) is 15.8. The van der Waals surface area contributed by atoms with Crippen molar-refractivity contribution in [2.45, 2.75) is 26.2 Å². The Balaban J connectivity index is 2.05. The lowest BCUT2D eigenvalue weighted by atomic mass is 10.0. The third-order valence-corrected chi connectivity index (χ3v) is 3.56. The molecule has 0 aliphatic carbocycles. The molecule has 0 unspecified atom stereocenters. The quantitative estimate of drug-likeness (QED) is 0.524. The maximum absolute atomic E-state index is 11.8. The molecule has 0 saturated heterocycles. The Labute approximate surface area is 132 Å². The first-order valence-electron chi connectivity index (χ1n) is 7.68. The highest BCUT2D eigenvalue weighted by Gasteiger charge is 2.08. The summed E-state index contributed by atoms with van der Waals surface area (Å²) in [4.78, 5) is 11.8. The summed E-state index contributed by atoms with van der Waals surface area (Å²) in [5.41, 5.74) is 3.02. The fourth-order valence-corrected chi connectivity index (χ4v) is 2.34. The molecule has 0 bridgehead atoms. The van der Waals surface area contributed by atoms with Crippen LogP contribution < -0.4 is 4.74 Å². The number of carbonyl (C=O) groups excluding carboxylic acids is 1. The molecule has 2 rings (SSSR count). The third kappa shape index (κ3) is 4.32. The molecule has 0 aromatic heterocycles. The Morgan fingerprint density at radius 1 is 1.18 bits per heavy atom. The topological polar surface area (TPSA) is 26.3 Å². The monoisotopic (exact) mass is 294 g/mol. The third-order valence-electron chi connectivity index (χ3n) is 3.56. The highest BCUT2D eigenvalue weighted by Crippen LogP contribution is 2.22. The smallest absolute Gasteiger partial charge is 0.162 e. The number of hydrogen-bond donors (Lipinski definition) is 0. The molecule has 114 valence electrons. The summed E-state index contributed by atoms with van der Waals surface area (Å²) in [5, 5.41) is 0. The van der Waals surface area contributed by atoms with Crippen LogP contribution in [-0.2, 0) is 12.8 Å². The zero-order valence-corrected chi connectivity index (χ0v) is 13.0. The van der Waals surface area contributed by atoms with Gasteiger partial charge in [-0.2, -0.15) is 0 Å². The predicted octanol–water partition coefficient (Wildman–Crippen LogP) is 4.63. The van der Waals surface area contributed by atoms with Crippen molar-refractivity contribution >= 4 is 5.78 Å². The highest BCUT2D eigenvalue weighted by molar-refractivity contribution is 5.96. The number of benzene rings is 2. The first-order valence-corrected chi connectivity index (χ1v) is 7.68. The summed E-state index contributed by atoms with van der Waals surface area (Å²) in [6.45, 7) is 6.27. The van der Waals surface area contributed by atoms with Crippen LogP contribution in [0.25, 0.3) is 0 Å². The van der Waals surface area contributed by atoms with Gasteiger partial charge in [0.1, 0.15) is 5.75 Å². The van der Waals surface area contributed by atoms with Crippen molar-refractivity contribution in [2.24, 2.45) is 0 Å². The van der Waals surface area contributed by atoms with E-state index in [0.717, 1.165) is 23.3 Å². The maximum Gasteiger partial charge on any atom is 0.162 e. The van der Waals surface area contributed by atoms with E-state index in [-0.39, 0.29) is 5.78 Å². The van der Waals surface area contributed by atoms with E-state index in [1.165, 1.54) is 5.56 Å². The average Bonchev–Trinajstić information content (AvgIpc) is 2.56. The van der Waals surface area contributed by atoms with Gasteiger partial charge in [-0.15, -0.1) is 6.58 Å². The molecule has 0 amide bonds. The lowest BCUT2D eigenvalue weighted by Gasteiger charge is -2.12. The Morgan fingerprint density at radius 2 is 1.95 bits per heavy atom. The molecule has 0 aliphatic rings. The second-order valence-electron chi connectivity index (χ2n) is 5.18. The van der Waals surface area contributed by atoms with E-state index in [1.54, 1.807) is 0 Å². The first kappa shape index (κ1) is 16.0. The van der Waals surface area contributed by atoms with Crippen LogP contribution in [0, 0.1) is 0 Å². The van der Waals surface area contributed by atoms with Gasteiger partial charge in [0, 0.05) is 18.4 Å². The molecule has 2 aromatic carbocycles. The highest BCUT2D eigenvalue weighted by atomic mass is 16.5. The Bertz CT molecular complexity index is 629. The number of rotatable bonds is 8. The molecule has 2 heteroatoms. The summed E-state index contributed by atoms with van der Waals surface area (Å²) >= 11 is 0. The Kier molecular flexibility index (Phi) is 5.96. The van der Waals surface area contributed by atoms with Gasteiger partial charge in [-0.3, -0.25) is 4.79 Å². The number of ketones is 1. The van der Waals surface area contributed by atoms with Gasteiger partial charge in [-0.05, 0) is 35.7 Å². The molecule has 22 heavy (non-hydrogen) atoms. The Morgan fingerprint density at radius 3 is 2.64 bits per heavy atom. The van der Waals surface area contributed by atoms with Crippen molar-refractivity contribution < 1.29 is 9.53 Å². The van der Waals surface area contributed by atoms with Gasteiger partial charge < -0.3 is 4.74 Å². The molecule has 2 nitrogen and oxygen atoms in total. The number of ether oxygens (including phenoxy) is 1. The molecule has 0 fully saturated rings. The molecule has 0 atom stereocenters. The van der Waals surface area contributed by atoms with Gasteiger partial charge >= 0.3 is 0 Å². The summed E-state index contributed by atoms with van der Waals surface area (Å²) in [6, 6.07) is 15.9. The molecule has 0 N–H and O–H groups in total. The van der Waals surface area contributed by atoms with E-state index in [4.69, 9.17) is 4.74 Å². The van der Waals surface area contributed by atoms with Crippen LogP contribution >= 0.6 is 0 Å². The van der Waals surface area contributed by atoms with Gasteiger partial charge in [0.25, 0.3) is 0 Å². The SMILES string of the molecule is C=CCc1cc(C(=O)CC)ccc1OCCc1ccccc1. The Hall–Kier alpha value is -2.35. The van der Waals surface area contributed by atoms with E-state index >= 15 is 0 Å². The lowest BCUT2D eigenvalue weighted by Crippen LogP contribution is -2.05. The standard InChI is InChI=1S/C20H22O2/c1-3-8-18-15-17(19(21)4-2)11-12-20(18)22-14-13-16-9-6-5-7-10-16/h3,5-7,9-12,15H,1,4,8,13-14H2,2H3. The minimum absolute atomic E-state index is 0.154. The van der Waals surface area contributed by atoms with E-state index in [9.17, 15) is 4.79 Å². The molecule has 0 radical (unpaired) electrons. The molecular formula is C20H22O2. The largest absolute Gasteiger partial charge is 0.493 e. The number of allylic oxidation sites excluding steroid dienone is 1. The van der Waals surface area contributed by atoms with E-state index < -0.39 is 0 Å². The van der Waals surface area contributed by atoms with Crippen LogP contribution in [0.3, 0.4) is 0 Å². The van der Waals surface area contributed by atoms with Crippen molar-refractivity contribution in [1.29, 1.82) is 0 Å². The van der Waals surface area contributed by atoms with E-state index in [1.807, 2.05) is 49.4 Å². The normalized spacial score (nSPS) is 10.2. The number of Topliss-reactive ketones (excluding diaryl/α,β-unsaturated/α-hetero) is 1. The lowest BCUT2D eigenvalue weighted by molar-refractivity contribution is 0.0988. The fraction of sp³-hybridized carbons (Fsp3) is 0.250. The second-order valence-corrected chi connectivity index (χ2v) is 5.18. The van der Waals surface area contributed by atoms with Gasteiger partial charge in [0.05, 0.1) is 6.61 Å². The first-order chi connectivity index (χ1) is 10.7. The van der Waals surface area contributed by atoms with Crippen LogP contribution in [0.5, 0.6) is 5.75 Å². The van der Waals surface area contributed by atoms with Gasteiger partial charge in [0.15, 0.2) is 5.78 Å². The van der Waals surface area contributed by atoms with Crippen molar-refractivity contribution in [3.63, 3.8) is 0 Å². The molecule has 0 heterocycles. The van der Waals surface area contributed by atoms with Crippen molar-refractivity contribution in [2.75, 3.05) is 6.61 Å². The fourth-order valence-electron chi connectivity index (χ4n) is 2.34. The van der Waals surface area contributed by atoms with Gasteiger partial charge in [-0.1, -0.05) is 43.3 Å². The van der Waals surface area contributed by atoms with Gasteiger partial charge in [0.2, 0.25) is 0 Å². The average molecular weight is 294 g/mol. The summed E-state index contributed by atoms with van der Waals surface area (Å²) in [7, 11) is 0. The van der Waals surface area contributed by atoms with Crippen LogP contribution in [0.4, 0.5) is 0 Å². The van der Waals surface area contributed by atoms with Crippen molar-refractivity contribution in [3.8, 4) is 5.75 Å². The molecule has 0 aliphatic heterocycles. The predicted molar refractivity (Wildman–Crippen MR) is 90.6 cm³/mol. The molecular weight excluding hydrogens is 272 g/mol. The molecule has 2 aromatic rings. The summed E-state index contributed by atoms with van der Waals surface area (Å²) in [6.07, 6.45) is 3.91. The summed E-state index contributed by atoms with van der Waals surface area (Å²) < 4.78 is 5.90. The number of hydrogen-bond acceptors (Lipinski definition) is 2. The van der Waals surface area contributed by atoms with Crippen LogP contribution in [-0.4, -0.2) is 12.4 Å². The minimum atomic E-state index is 0.154. The number of carbonyl (C=O) groups is 1. The van der Waals surface area contributed by atoms with Crippen LogP contribution in [0.2, 0.25) is 0 Å². The zero-order valence-electron chi connectivity index (χ0n) is 13.0. The second kappa shape index (κ2) is 8.18. The van der Waals surface area contributed by atoms with Crippen LogP contribution in [0.1, 0.15) is 34.8 Å². The maximum atomic E-state index is 11.8. The van der Waals surface area contributed by atoms with Crippen molar-refractivity contribution in [3.05, 3.63) is 77.9 Å². The minimum Gasteiger partial charge on any atom is -0.493 e. The van der Waals surface area contributed by atoms with E-state index in [0.29, 0.717) is 19.4 Å². The molecule has 0 saturated carbocycles. The van der Waals surface area contributed by atoms with Gasteiger partial charge in [-0.25, -0.2) is 0 Å². The van der Waals surface area contributed by atoms with Crippen LogP contribution in [0.15, 0.2) is 61.2 Å².